The van der Waals surface area contributed by atoms with E-state index in [-0.39, 0.29) is 11.9 Å². The lowest BCUT2D eigenvalue weighted by Gasteiger charge is -2.37. The fourth-order valence-corrected chi connectivity index (χ4v) is 4.68. The molecule has 0 saturated carbocycles. The van der Waals surface area contributed by atoms with Gasteiger partial charge in [0.05, 0.1) is 18.5 Å². The van der Waals surface area contributed by atoms with Crippen LogP contribution in [0.15, 0.2) is 36.8 Å². The van der Waals surface area contributed by atoms with Gasteiger partial charge in [-0.15, -0.1) is 10.2 Å². The van der Waals surface area contributed by atoms with Crippen molar-refractivity contribution in [1.29, 1.82) is 0 Å². The molecule has 10 heteroatoms. The molecule has 5 heterocycles. The Morgan fingerprint density at radius 1 is 1.15 bits per heavy atom. The fraction of sp³-hybridized carbons (Fsp3) is 0.458. The molecule has 2 aliphatic rings. The number of hydrogen-bond acceptors (Lipinski definition) is 8. The lowest BCUT2D eigenvalue weighted by atomic mass is 10.1. The van der Waals surface area contributed by atoms with Gasteiger partial charge < -0.3 is 24.8 Å². The van der Waals surface area contributed by atoms with Gasteiger partial charge in [0.1, 0.15) is 23.4 Å². The second-order valence-corrected chi connectivity index (χ2v) is 9.18. The van der Waals surface area contributed by atoms with Crippen LogP contribution in [0.1, 0.15) is 50.0 Å². The molecular weight excluding hydrogens is 432 g/mol. The summed E-state index contributed by atoms with van der Waals surface area (Å²) in [5.41, 5.74) is 1.96. The van der Waals surface area contributed by atoms with Gasteiger partial charge in [-0.1, -0.05) is 6.07 Å². The number of nitrogens with one attached hydrogen (secondary N) is 2. The average Bonchev–Trinajstić information content (AvgIpc) is 3.31. The minimum atomic E-state index is -0.308. The van der Waals surface area contributed by atoms with Gasteiger partial charge in [-0.2, -0.15) is 0 Å². The third-order valence-electron chi connectivity index (χ3n) is 6.28. The van der Waals surface area contributed by atoms with E-state index in [0.29, 0.717) is 47.5 Å². The third kappa shape index (κ3) is 4.58. The minimum absolute atomic E-state index is 0.170. The zero-order valence-electron chi connectivity index (χ0n) is 19.7. The first-order valence-electron chi connectivity index (χ1n) is 11.8. The Hall–Kier alpha value is -3.53. The van der Waals surface area contributed by atoms with Crippen molar-refractivity contribution < 1.29 is 9.53 Å². The Bertz CT molecular complexity index is 1170. The number of aromatic nitrogens is 5. The summed E-state index contributed by atoms with van der Waals surface area (Å²) in [5, 5.41) is 14.8. The summed E-state index contributed by atoms with van der Waals surface area (Å²) in [5.74, 6) is 1.14. The molecular formula is C24H30N8O2. The van der Waals surface area contributed by atoms with Crippen LogP contribution in [0.2, 0.25) is 0 Å². The number of fused-ring (bicyclic) bond motifs is 5. The zero-order valence-corrected chi connectivity index (χ0v) is 19.7. The lowest BCUT2D eigenvalue weighted by Crippen LogP contribution is -2.54. The van der Waals surface area contributed by atoms with Gasteiger partial charge in [-0.3, -0.25) is 4.79 Å². The molecule has 0 spiro atoms. The summed E-state index contributed by atoms with van der Waals surface area (Å²) in [6.07, 6.45) is 5.17. The first-order valence-corrected chi connectivity index (χ1v) is 11.8. The predicted octanol–water partition coefficient (Wildman–Crippen LogP) is 2.91. The summed E-state index contributed by atoms with van der Waals surface area (Å²) in [6.45, 7) is 8.58. The highest BCUT2D eigenvalue weighted by molar-refractivity contribution is 6.06. The third-order valence-corrected chi connectivity index (χ3v) is 6.28. The number of anilines is 2. The molecule has 3 aromatic rings. The standard InChI is InChI=1S/C24H30N8O2/c1-15-12-31(13-16(2)27-15)18-10-19-23(33)29-21-8-4-7-20(28-21)22-30-26-14-32(22)17(3)6-5-9-34-24(19)25-11-18/h4,7-8,10-11,14-17,27H,5-6,9,12-13H2,1-3H3,(H,28,29,33)/t15-,16-,17+/m1/s1. The van der Waals surface area contributed by atoms with Gasteiger partial charge in [-0.25, -0.2) is 9.97 Å². The number of carbonyl (C=O) groups excluding carboxylic acids is 1. The van der Waals surface area contributed by atoms with Crippen LogP contribution in [0.5, 0.6) is 5.88 Å². The quantitative estimate of drug-likeness (QED) is 0.568. The Kier molecular flexibility index (Phi) is 6.14. The van der Waals surface area contributed by atoms with Crippen LogP contribution in [0, 0.1) is 0 Å². The number of amides is 1. The molecule has 2 N–H and O–H groups in total. The molecule has 1 saturated heterocycles. The number of piperazine rings is 1. The first kappa shape index (κ1) is 22.3. The summed E-state index contributed by atoms with van der Waals surface area (Å²) < 4.78 is 8.00. The van der Waals surface area contributed by atoms with E-state index in [1.807, 2.05) is 22.8 Å². The molecule has 1 amide bonds. The zero-order chi connectivity index (χ0) is 23.7. The molecule has 0 radical (unpaired) electrons. The largest absolute Gasteiger partial charge is 0.477 e. The normalized spacial score (nSPS) is 23.2. The highest BCUT2D eigenvalue weighted by atomic mass is 16.5. The summed E-state index contributed by atoms with van der Waals surface area (Å²) in [4.78, 5) is 24.8. The van der Waals surface area contributed by atoms with Crippen molar-refractivity contribution >= 4 is 17.4 Å². The van der Waals surface area contributed by atoms with Gasteiger partial charge in [0.25, 0.3) is 5.91 Å². The van der Waals surface area contributed by atoms with Crippen LogP contribution in [0.3, 0.4) is 0 Å². The van der Waals surface area contributed by atoms with Crippen molar-refractivity contribution in [2.75, 3.05) is 29.9 Å². The first-order chi connectivity index (χ1) is 16.5. The van der Waals surface area contributed by atoms with E-state index in [0.717, 1.165) is 31.6 Å². The van der Waals surface area contributed by atoms with E-state index in [1.54, 1.807) is 18.6 Å². The molecule has 178 valence electrons. The van der Waals surface area contributed by atoms with Crippen molar-refractivity contribution in [3.05, 3.63) is 42.4 Å². The molecule has 0 unspecified atom stereocenters. The monoisotopic (exact) mass is 462 g/mol. The van der Waals surface area contributed by atoms with E-state index in [2.05, 4.69) is 56.5 Å². The van der Waals surface area contributed by atoms with Gasteiger partial charge in [0, 0.05) is 31.2 Å². The maximum absolute atomic E-state index is 13.4. The average molecular weight is 463 g/mol. The van der Waals surface area contributed by atoms with Crippen molar-refractivity contribution in [2.24, 2.45) is 0 Å². The summed E-state index contributed by atoms with van der Waals surface area (Å²) >= 11 is 0. The number of rotatable bonds is 1. The predicted molar refractivity (Wildman–Crippen MR) is 129 cm³/mol. The van der Waals surface area contributed by atoms with E-state index in [9.17, 15) is 4.79 Å². The SMILES string of the molecule is C[C@@H]1CN(c2cnc3c(c2)C(=O)Nc2cccc(n2)-c2nncn2[C@@H](C)CCCO3)C[C@@H](C)N1. The van der Waals surface area contributed by atoms with Crippen molar-refractivity contribution in [3.63, 3.8) is 0 Å². The van der Waals surface area contributed by atoms with E-state index in [4.69, 9.17) is 4.74 Å². The van der Waals surface area contributed by atoms with Gasteiger partial charge in [0.15, 0.2) is 5.82 Å². The van der Waals surface area contributed by atoms with Crippen molar-refractivity contribution in [2.45, 2.75) is 51.7 Å². The van der Waals surface area contributed by atoms with Crippen LogP contribution in [0.25, 0.3) is 11.5 Å². The van der Waals surface area contributed by atoms with E-state index >= 15 is 0 Å². The van der Waals surface area contributed by atoms with Crippen LogP contribution < -0.4 is 20.3 Å². The van der Waals surface area contributed by atoms with Gasteiger partial charge in [-0.05, 0) is 51.8 Å². The number of carbonyl (C=O) groups is 1. The van der Waals surface area contributed by atoms with E-state index < -0.39 is 0 Å². The van der Waals surface area contributed by atoms with Crippen LogP contribution in [-0.4, -0.2) is 62.4 Å². The van der Waals surface area contributed by atoms with Crippen molar-refractivity contribution in [3.8, 4) is 17.4 Å². The maximum Gasteiger partial charge on any atom is 0.262 e. The summed E-state index contributed by atoms with van der Waals surface area (Å²) in [6, 6.07) is 8.22. The second kappa shape index (κ2) is 9.38. The summed E-state index contributed by atoms with van der Waals surface area (Å²) in [7, 11) is 0. The lowest BCUT2D eigenvalue weighted by molar-refractivity contribution is 0.102. The second-order valence-electron chi connectivity index (χ2n) is 9.18. The van der Waals surface area contributed by atoms with E-state index in [1.165, 1.54) is 0 Å². The Morgan fingerprint density at radius 3 is 2.79 bits per heavy atom. The minimum Gasteiger partial charge on any atom is -0.477 e. The Morgan fingerprint density at radius 2 is 1.97 bits per heavy atom. The van der Waals surface area contributed by atoms with Gasteiger partial charge >= 0.3 is 0 Å². The number of hydrogen-bond donors (Lipinski definition) is 2. The molecule has 10 nitrogen and oxygen atoms in total. The van der Waals surface area contributed by atoms with Crippen LogP contribution in [0.4, 0.5) is 11.5 Å². The van der Waals surface area contributed by atoms with Crippen molar-refractivity contribution in [1.82, 2.24) is 30.0 Å². The highest BCUT2D eigenvalue weighted by Gasteiger charge is 2.24. The molecule has 3 atom stereocenters. The molecule has 3 aromatic heterocycles. The molecule has 5 rings (SSSR count). The Balaban J connectivity index is 1.50. The highest BCUT2D eigenvalue weighted by Crippen LogP contribution is 2.27. The molecule has 0 aromatic carbocycles. The number of pyridine rings is 2. The molecule has 0 aliphatic carbocycles. The number of ether oxygens (including phenoxy) is 1. The Labute approximate surface area is 198 Å². The fourth-order valence-electron chi connectivity index (χ4n) is 4.68. The number of nitrogens with zero attached hydrogens (tertiary/aromatic N) is 6. The van der Waals surface area contributed by atoms with Crippen LogP contribution >= 0.6 is 0 Å². The molecule has 2 aliphatic heterocycles. The molecule has 34 heavy (non-hydrogen) atoms. The molecule has 2 bridgehead atoms. The molecule has 1 fully saturated rings. The topological polar surface area (TPSA) is 110 Å². The maximum atomic E-state index is 13.4. The smallest absolute Gasteiger partial charge is 0.262 e. The van der Waals surface area contributed by atoms with Gasteiger partial charge in [0.2, 0.25) is 5.88 Å². The van der Waals surface area contributed by atoms with Crippen LogP contribution in [-0.2, 0) is 0 Å².